The molecule has 0 spiro atoms. The molecule has 1 atom stereocenters. The van der Waals surface area contributed by atoms with E-state index in [1.807, 2.05) is 24.3 Å². The number of fused-ring (bicyclic) bond motifs is 1. The minimum absolute atomic E-state index is 0.107. The number of hydrogen-bond acceptors (Lipinski definition) is 3. The van der Waals surface area contributed by atoms with Gasteiger partial charge in [0.05, 0.1) is 12.5 Å². The zero-order valence-electron chi connectivity index (χ0n) is 9.87. The van der Waals surface area contributed by atoms with Crippen molar-refractivity contribution in [2.75, 3.05) is 6.61 Å². The van der Waals surface area contributed by atoms with Gasteiger partial charge in [-0.3, -0.25) is 9.78 Å². The topological polar surface area (TPSA) is 39.2 Å². The standard InChI is InChI=1S/C15H13NO2/c17-15(12-5-3-7-16-9-12)13-8-11-4-1-2-6-14(11)18-10-13/h1-7,9,13H,8,10H2. The lowest BCUT2D eigenvalue weighted by molar-refractivity contribution is 0.0855. The second-order valence-corrected chi connectivity index (χ2v) is 4.43. The van der Waals surface area contributed by atoms with Crippen molar-refractivity contribution in [2.24, 2.45) is 5.92 Å². The average Bonchev–Trinajstić information content (AvgIpc) is 2.47. The SMILES string of the molecule is O=C(c1cccnc1)C1COc2ccccc2C1. The number of ether oxygens (including phenoxy) is 1. The number of Topliss-reactive ketones (excluding diaryl/α,β-unsaturated/α-hetero) is 1. The van der Waals surface area contributed by atoms with Crippen molar-refractivity contribution in [3.63, 3.8) is 0 Å². The minimum atomic E-state index is -0.107. The Morgan fingerprint density at radius 3 is 2.94 bits per heavy atom. The summed E-state index contributed by atoms with van der Waals surface area (Å²) in [5, 5.41) is 0. The van der Waals surface area contributed by atoms with Crippen LogP contribution in [0.1, 0.15) is 15.9 Å². The van der Waals surface area contributed by atoms with Gasteiger partial charge in [-0.2, -0.15) is 0 Å². The van der Waals surface area contributed by atoms with Gasteiger partial charge in [0.25, 0.3) is 0 Å². The Morgan fingerprint density at radius 2 is 2.11 bits per heavy atom. The Kier molecular flexibility index (Phi) is 2.81. The number of nitrogens with zero attached hydrogens (tertiary/aromatic N) is 1. The van der Waals surface area contributed by atoms with Gasteiger partial charge in [0.1, 0.15) is 5.75 Å². The fourth-order valence-electron chi connectivity index (χ4n) is 2.24. The fourth-order valence-corrected chi connectivity index (χ4v) is 2.24. The first-order valence-corrected chi connectivity index (χ1v) is 5.99. The highest BCUT2D eigenvalue weighted by atomic mass is 16.5. The highest BCUT2D eigenvalue weighted by Gasteiger charge is 2.26. The van der Waals surface area contributed by atoms with Gasteiger partial charge in [-0.05, 0) is 30.2 Å². The van der Waals surface area contributed by atoms with Crippen molar-refractivity contribution in [1.82, 2.24) is 4.98 Å². The van der Waals surface area contributed by atoms with Crippen LogP contribution in [0.4, 0.5) is 0 Å². The number of ketones is 1. The van der Waals surface area contributed by atoms with Crippen molar-refractivity contribution < 1.29 is 9.53 Å². The first kappa shape index (κ1) is 11.0. The number of hydrogen-bond donors (Lipinski definition) is 0. The largest absolute Gasteiger partial charge is 0.493 e. The summed E-state index contributed by atoms with van der Waals surface area (Å²) < 4.78 is 5.64. The highest BCUT2D eigenvalue weighted by molar-refractivity contribution is 5.98. The van der Waals surface area contributed by atoms with Crippen LogP contribution in [0.25, 0.3) is 0 Å². The number of carbonyl (C=O) groups excluding carboxylic acids is 1. The quantitative estimate of drug-likeness (QED) is 0.756. The van der Waals surface area contributed by atoms with E-state index in [-0.39, 0.29) is 11.7 Å². The molecule has 2 heterocycles. The summed E-state index contributed by atoms with van der Waals surface area (Å²) >= 11 is 0. The Labute approximate surface area is 105 Å². The monoisotopic (exact) mass is 239 g/mol. The summed E-state index contributed by atoms with van der Waals surface area (Å²) in [5.74, 6) is 0.898. The molecule has 1 aromatic carbocycles. The lowest BCUT2D eigenvalue weighted by Crippen LogP contribution is -2.28. The normalized spacial score (nSPS) is 17.7. The third kappa shape index (κ3) is 1.99. The van der Waals surface area contributed by atoms with E-state index in [9.17, 15) is 4.79 Å². The summed E-state index contributed by atoms with van der Waals surface area (Å²) in [5.41, 5.74) is 1.76. The summed E-state index contributed by atoms with van der Waals surface area (Å²) in [6.45, 7) is 0.449. The van der Waals surface area contributed by atoms with Crippen LogP contribution in [0.5, 0.6) is 5.75 Å². The molecular formula is C15H13NO2. The zero-order chi connectivity index (χ0) is 12.4. The number of benzene rings is 1. The van der Waals surface area contributed by atoms with E-state index in [0.717, 1.165) is 17.7 Å². The van der Waals surface area contributed by atoms with Crippen molar-refractivity contribution in [2.45, 2.75) is 6.42 Å². The van der Waals surface area contributed by atoms with E-state index >= 15 is 0 Å². The molecule has 0 bridgehead atoms. The second-order valence-electron chi connectivity index (χ2n) is 4.43. The third-order valence-corrected chi connectivity index (χ3v) is 3.20. The van der Waals surface area contributed by atoms with E-state index in [2.05, 4.69) is 4.98 Å². The fraction of sp³-hybridized carbons (Fsp3) is 0.200. The lowest BCUT2D eigenvalue weighted by atomic mass is 9.90. The van der Waals surface area contributed by atoms with Gasteiger partial charge >= 0.3 is 0 Å². The molecule has 1 aliphatic heterocycles. The van der Waals surface area contributed by atoms with E-state index < -0.39 is 0 Å². The molecule has 0 aliphatic carbocycles. The molecule has 0 fully saturated rings. The summed E-state index contributed by atoms with van der Waals surface area (Å²) in [6, 6.07) is 11.5. The van der Waals surface area contributed by atoms with Crippen LogP contribution in [0.15, 0.2) is 48.8 Å². The third-order valence-electron chi connectivity index (χ3n) is 3.20. The molecule has 0 amide bonds. The summed E-state index contributed by atoms with van der Waals surface area (Å²) in [7, 11) is 0. The number of para-hydroxylation sites is 1. The zero-order valence-corrected chi connectivity index (χ0v) is 9.87. The smallest absolute Gasteiger partial charge is 0.171 e. The van der Waals surface area contributed by atoms with Crippen LogP contribution in [-0.4, -0.2) is 17.4 Å². The molecule has 3 nitrogen and oxygen atoms in total. The molecule has 18 heavy (non-hydrogen) atoms. The van der Waals surface area contributed by atoms with E-state index in [0.29, 0.717) is 12.2 Å². The lowest BCUT2D eigenvalue weighted by Gasteiger charge is -2.24. The number of rotatable bonds is 2. The molecule has 2 aromatic rings. The van der Waals surface area contributed by atoms with Crippen molar-refractivity contribution >= 4 is 5.78 Å². The molecule has 1 aliphatic rings. The molecule has 0 saturated heterocycles. The van der Waals surface area contributed by atoms with Gasteiger partial charge in [0.2, 0.25) is 0 Å². The maximum Gasteiger partial charge on any atom is 0.171 e. The van der Waals surface area contributed by atoms with Crippen LogP contribution in [-0.2, 0) is 6.42 Å². The van der Waals surface area contributed by atoms with Gasteiger partial charge in [0, 0.05) is 18.0 Å². The van der Waals surface area contributed by atoms with Gasteiger partial charge in [-0.25, -0.2) is 0 Å². The van der Waals surface area contributed by atoms with E-state index in [4.69, 9.17) is 4.74 Å². The Balaban J connectivity index is 1.82. The average molecular weight is 239 g/mol. The van der Waals surface area contributed by atoms with Crippen LogP contribution in [0, 0.1) is 5.92 Å². The maximum atomic E-state index is 12.3. The molecule has 0 saturated carbocycles. The van der Waals surface area contributed by atoms with Crippen molar-refractivity contribution in [1.29, 1.82) is 0 Å². The van der Waals surface area contributed by atoms with Gasteiger partial charge < -0.3 is 4.74 Å². The molecule has 0 N–H and O–H groups in total. The number of aromatic nitrogens is 1. The van der Waals surface area contributed by atoms with E-state index in [1.165, 1.54) is 0 Å². The summed E-state index contributed by atoms with van der Waals surface area (Å²) in [6.07, 6.45) is 4.02. The second kappa shape index (κ2) is 4.61. The first-order valence-electron chi connectivity index (χ1n) is 5.99. The predicted molar refractivity (Wildman–Crippen MR) is 67.7 cm³/mol. The first-order chi connectivity index (χ1) is 8.84. The van der Waals surface area contributed by atoms with Gasteiger partial charge in [0.15, 0.2) is 5.78 Å². The Bertz CT molecular complexity index is 566. The number of carbonyl (C=O) groups is 1. The molecule has 1 aromatic heterocycles. The molecule has 90 valence electrons. The van der Waals surface area contributed by atoms with Gasteiger partial charge in [-0.15, -0.1) is 0 Å². The van der Waals surface area contributed by atoms with Crippen molar-refractivity contribution in [3.8, 4) is 5.75 Å². The van der Waals surface area contributed by atoms with E-state index in [1.54, 1.807) is 24.5 Å². The Hall–Kier alpha value is -2.16. The molecule has 0 radical (unpaired) electrons. The van der Waals surface area contributed by atoms with Crippen LogP contribution >= 0.6 is 0 Å². The van der Waals surface area contributed by atoms with Crippen LogP contribution < -0.4 is 4.74 Å². The van der Waals surface area contributed by atoms with Crippen LogP contribution in [0.3, 0.4) is 0 Å². The highest BCUT2D eigenvalue weighted by Crippen LogP contribution is 2.28. The summed E-state index contributed by atoms with van der Waals surface area (Å²) in [4.78, 5) is 16.3. The molecule has 3 heteroatoms. The minimum Gasteiger partial charge on any atom is -0.493 e. The molecular weight excluding hydrogens is 226 g/mol. The molecule has 1 unspecified atom stereocenters. The Morgan fingerprint density at radius 1 is 1.22 bits per heavy atom. The maximum absolute atomic E-state index is 12.3. The molecule has 3 rings (SSSR count). The number of pyridine rings is 1. The van der Waals surface area contributed by atoms with Crippen LogP contribution in [0.2, 0.25) is 0 Å². The predicted octanol–water partition coefficient (Wildman–Crippen LogP) is 2.52. The van der Waals surface area contributed by atoms with Crippen molar-refractivity contribution in [3.05, 3.63) is 59.9 Å². The van der Waals surface area contributed by atoms with Gasteiger partial charge in [-0.1, -0.05) is 18.2 Å².